The lowest BCUT2D eigenvalue weighted by atomic mass is 9.82. The molecular weight excluding hydrogens is 909 g/mol. The van der Waals surface area contributed by atoms with Gasteiger partial charge in [-0.3, -0.25) is 19.2 Å². The number of likely N-dealkylation sites (N-methyl/N-ethyl adjacent to an activating group) is 1. The lowest BCUT2D eigenvalue weighted by Gasteiger charge is -2.50. The summed E-state index contributed by atoms with van der Waals surface area (Å²) < 4.78 is 55.7. The summed E-state index contributed by atoms with van der Waals surface area (Å²) >= 11 is 0. The van der Waals surface area contributed by atoms with Crippen LogP contribution in [0.5, 0.6) is 0 Å². The Hall–Kier alpha value is -3.59. The standard InChI is InChI=1S/C52H84N2O16/c1-12-41(58)66-40-29-43(60)63-33(4)23-26-54(25-19-15-18-22-37-20-16-14-17-21-37)31-39(57)32(3)28-38(24-27-55)48(49(40)62-11)69-51-46(61)45(53(9)10)47(34(5)65-51)68-44-30-52(8,70-36(7)56)50(35(6)64-44)67-42(59)13-2/h14,16-17,20-21,27,32-35,38-40,44-51,57,61H,12-13,15,18-19,22-26,28-31H2,1-11H3/t32-,33-,34?,35?,38+,39+,40-,44?,45?,46?,47?,48+,49?,50?,51?,52?/m1/s1. The van der Waals surface area contributed by atoms with Crippen LogP contribution in [0.25, 0.3) is 0 Å². The number of nitrogens with zero attached hydrogens (tertiary/aromatic N) is 2. The summed E-state index contributed by atoms with van der Waals surface area (Å²) in [5.74, 6) is -3.38. The van der Waals surface area contributed by atoms with Crippen molar-refractivity contribution in [2.24, 2.45) is 11.8 Å². The Morgan fingerprint density at radius 1 is 0.914 bits per heavy atom. The number of methoxy groups -OCH3 is 1. The van der Waals surface area contributed by atoms with Crippen molar-refractivity contribution < 1.29 is 76.8 Å². The number of hydrogen-bond donors (Lipinski definition) is 2. The van der Waals surface area contributed by atoms with Gasteiger partial charge in [0, 0.05) is 52.8 Å². The van der Waals surface area contributed by atoms with E-state index in [1.54, 1.807) is 53.6 Å². The van der Waals surface area contributed by atoms with Crippen molar-refractivity contribution >= 4 is 30.2 Å². The molecule has 0 amide bonds. The molecule has 0 bridgehead atoms. The van der Waals surface area contributed by atoms with Crippen LogP contribution in [0, 0.1) is 11.8 Å². The van der Waals surface area contributed by atoms with Gasteiger partial charge in [-0.25, -0.2) is 0 Å². The smallest absolute Gasteiger partial charge is 0.309 e. The minimum atomic E-state index is -1.42. The first-order chi connectivity index (χ1) is 33.2. The summed E-state index contributed by atoms with van der Waals surface area (Å²) in [5, 5.41) is 24.2. The maximum atomic E-state index is 13.8. The van der Waals surface area contributed by atoms with Crippen LogP contribution < -0.4 is 0 Å². The van der Waals surface area contributed by atoms with Gasteiger partial charge in [-0.2, -0.15) is 0 Å². The predicted molar refractivity (Wildman–Crippen MR) is 257 cm³/mol. The second-order valence-corrected chi connectivity index (χ2v) is 19.9. The van der Waals surface area contributed by atoms with E-state index in [1.807, 2.05) is 32.0 Å². The molecule has 1 aromatic carbocycles. The van der Waals surface area contributed by atoms with Gasteiger partial charge in [-0.05, 0) is 97.8 Å². The van der Waals surface area contributed by atoms with Gasteiger partial charge >= 0.3 is 23.9 Å². The first-order valence-corrected chi connectivity index (χ1v) is 25.4. The number of unbranched alkanes of at least 4 members (excludes halogenated alkanes) is 2. The summed E-state index contributed by atoms with van der Waals surface area (Å²) in [6, 6.07) is 9.54. The van der Waals surface area contributed by atoms with Gasteiger partial charge in [0.1, 0.15) is 36.8 Å². The largest absolute Gasteiger partial charge is 0.463 e. The third-order valence-electron chi connectivity index (χ3n) is 13.9. The lowest BCUT2D eigenvalue weighted by molar-refractivity contribution is -0.344. The van der Waals surface area contributed by atoms with Gasteiger partial charge in [-0.1, -0.05) is 57.5 Å². The fraction of sp³-hybridized carbons (Fsp3) is 0.788. The number of carbonyl (C=O) groups is 5. The molecule has 3 aliphatic rings. The van der Waals surface area contributed by atoms with Crippen LogP contribution in [-0.4, -0.2) is 176 Å². The van der Waals surface area contributed by atoms with E-state index in [-0.39, 0.29) is 38.0 Å². The first-order valence-electron chi connectivity index (χ1n) is 25.4. The fourth-order valence-corrected chi connectivity index (χ4v) is 10.1. The van der Waals surface area contributed by atoms with Crippen LogP contribution in [0.2, 0.25) is 0 Å². The summed E-state index contributed by atoms with van der Waals surface area (Å²) in [7, 11) is 4.90. The Balaban J connectivity index is 1.64. The molecule has 4 rings (SSSR count). The molecule has 10 unspecified atom stereocenters. The monoisotopic (exact) mass is 993 g/mol. The van der Waals surface area contributed by atoms with Gasteiger partial charge in [0.15, 0.2) is 24.3 Å². The number of rotatable bonds is 19. The highest BCUT2D eigenvalue weighted by molar-refractivity contribution is 5.73. The van der Waals surface area contributed by atoms with E-state index < -0.39 is 121 Å². The fourth-order valence-electron chi connectivity index (χ4n) is 10.1. The number of cyclic esters (lactones) is 1. The van der Waals surface area contributed by atoms with E-state index in [0.29, 0.717) is 19.5 Å². The Kier molecular flexibility index (Phi) is 24.1. The van der Waals surface area contributed by atoms with Crippen LogP contribution in [0.4, 0.5) is 0 Å². The Morgan fingerprint density at radius 2 is 1.60 bits per heavy atom. The summed E-state index contributed by atoms with van der Waals surface area (Å²) in [6.07, 6.45) is -7.05. The zero-order valence-corrected chi connectivity index (χ0v) is 43.5. The van der Waals surface area contributed by atoms with Crippen molar-refractivity contribution in [3.05, 3.63) is 35.9 Å². The molecule has 0 aliphatic carbocycles. The van der Waals surface area contributed by atoms with Crippen molar-refractivity contribution in [2.45, 2.75) is 211 Å². The minimum absolute atomic E-state index is 0.00504. The average Bonchev–Trinajstić information content (AvgIpc) is 3.29. The van der Waals surface area contributed by atoms with Gasteiger partial charge in [-0.15, -0.1) is 0 Å². The van der Waals surface area contributed by atoms with Gasteiger partial charge in [0.2, 0.25) is 0 Å². The van der Waals surface area contributed by atoms with Crippen molar-refractivity contribution in [1.82, 2.24) is 9.80 Å². The topological polar surface area (TPSA) is 215 Å². The van der Waals surface area contributed by atoms with Gasteiger partial charge in [0.25, 0.3) is 0 Å². The van der Waals surface area contributed by atoms with E-state index in [2.05, 4.69) is 17.0 Å². The molecule has 0 radical (unpaired) electrons. The number of β-amino-alcohol motifs (C(OH)–C–C–N with tert-alkyl or cyclic N) is 1. The van der Waals surface area contributed by atoms with E-state index >= 15 is 0 Å². The minimum Gasteiger partial charge on any atom is -0.463 e. The van der Waals surface area contributed by atoms with Crippen LogP contribution >= 0.6 is 0 Å². The van der Waals surface area contributed by atoms with Crippen molar-refractivity contribution in [3.8, 4) is 0 Å². The van der Waals surface area contributed by atoms with E-state index in [9.17, 15) is 34.2 Å². The molecule has 398 valence electrons. The normalized spacial score (nSPS) is 35.2. The summed E-state index contributed by atoms with van der Waals surface area (Å²) in [4.78, 5) is 68.2. The Labute approximate surface area is 415 Å². The number of aldehydes is 1. The second kappa shape index (κ2) is 28.6. The molecule has 2 N–H and O–H groups in total. The number of benzene rings is 1. The first kappa shape index (κ1) is 59.0. The van der Waals surface area contributed by atoms with Crippen molar-refractivity contribution in [2.75, 3.05) is 40.8 Å². The quantitative estimate of drug-likeness (QED) is 0.0813. The number of aliphatic hydroxyl groups excluding tert-OH is 2. The van der Waals surface area contributed by atoms with Gasteiger partial charge in [0.05, 0.1) is 36.9 Å². The molecule has 0 aromatic heterocycles. The Morgan fingerprint density at radius 3 is 2.23 bits per heavy atom. The molecule has 3 fully saturated rings. The van der Waals surface area contributed by atoms with E-state index in [1.165, 1.54) is 19.6 Å². The zero-order chi connectivity index (χ0) is 51.7. The van der Waals surface area contributed by atoms with Crippen LogP contribution in [0.1, 0.15) is 125 Å². The van der Waals surface area contributed by atoms with Crippen molar-refractivity contribution in [1.29, 1.82) is 0 Å². The molecule has 3 heterocycles. The molecule has 0 spiro atoms. The zero-order valence-electron chi connectivity index (χ0n) is 43.5. The molecule has 3 aliphatic heterocycles. The second-order valence-electron chi connectivity index (χ2n) is 19.9. The molecule has 18 heteroatoms. The Bertz CT molecular complexity index is 1770. The van der Waals surface area contributed by atoms with Crippen LogP contribution in [0.3, 0.4) is 0 Å². The predicted octanol–water partition coefficient (Wildman–Crippen LogP) is 4.94. The molecule has 70 heavy (non-hydrogen) atoms. The SMILES string of the molecule is CCC(=O)OC1C(C)OC(OC2C(C)OC(O[C@@H]3C(OC)[C@H](OC(=O)CC)CC(=O)O[C@H](C)CCN(CCCCCc4ccccc4)C[C@H](O)[C@H](C)C[C@@H]3CC=O)C(O)C2N(C)C)CC1(C)OC(C)=O. The third-order valence-corrected chi connectivity index (χ3v) is 13.9. The summed E-state index contributed by atoms with van der Waals surface area (Å²) in [6.45, 7) is 15.0. The molecular formula is C52H84N2O16. The van der Waals surface area contributed by atoms with Crippen molar-refractivity contribution in [3.63, 3.8) is 0 Å². The highest BCUT2D eigenvalue weighted by Crippen LogP contribution is 2.39. The highest BCUT2D eigenvalue weighted by atomic mass is 16.7. The molecule has 1 aromatic rings. The number of aliphatic hydroxyl groups is 2. The van der Waals surface area contributed by atoms with E-state index in [0.717, 1.165) is 38.5 Å². The summed E-state index contributed by atoms with van der Waals surface area (Å²) in [5.41, 5.74) is -0.0306. The average molecular weight is 993 g/mol. The molecule has 18 nitrogen and oxygen atoms in total. The number of carbonyl (C=O) groups excluding carboxylic acids is 5. The van der Waals surface area contributed by atoms with Crippen LogP contribution in [0.15, 0.2) is 30.3 Å². The van der Waals surface area contributed by atoms with Crippen LogP contribution in [-0.2, 0) is 73.0 Å². The lowest BCUT2D eigenvalue weighted by Crippen LogP contribution is -2.66. The molecule has 0 saturated carbocycles. The van der Waals surface area contributed by atoms with E-state index in [4.69, 9.17) is 42.6 Å². The molecule has 3 saturated heterocycles. The number of ether oxygens (including phenoxy) is 9. The maximum Gasteiger partial charge on any atom is 0.309 e. The number of esters is 4. The maximum absolute atomic E-state index is 13.8. The number of hydrogen-bond acceptors (Lipinski definition) is 18. The molecule has 16 atom stereocenters. The highest BCUT2D eigenvalue weighted by Gasteiger charge is 2.54. The number of aryl methyl sites for hydroxylation is 1. The third kappa shape index (κ3) is 17.3. The van der Waals surface area contributed by atoms with Gasteiger partial charge < -0.3 is 67.4 Å².